The molecule has 3 nitrogen and oxygen atoms in total. The summed E-state index contributed by atoms with van der Waals surface area (Å²) in [5, 5.41) is 8.50. The third kappa shape index (κ3) is 3.21. The molecule has 0 unspecified atom stereocenters. The lowest BCUT2D eigenvalue weighted by atomic mass is 10.1. The minimum Gasteiger partial charge on any atom is -0.396 e. The SMILES string of the molecule is CCN(CCC#N)Cc1cccc(N)c1F. The molecule has 0 saturated carbocycles. The molecule has 0 aliphatic rings. The molecule has 0 bridgehead atoms. The summed E-state index contributed by atoms with van der Waals surface area (Å²) in [6, 6.07) is 7.10. The number of hydrogen-bond donors (Lipinski definition) is 1. The van der Waals surface area contributed by atoms with Crippen molar-refractivity contribution in [2.24, 2.45) is 0 Å². The van der Waals surface area contributed by atoms with Gasteiger partial charge < -0.3 is 5.73 Å². The van der Waals surface area contributed by atoms with Crippen LogP contribution in [0.5, 0.6) is 0 Å². The topological polar surface area (TPSA) is 53.0 Å². The van der Waals surface area contributed by atoms with Crippen LogP contribution in [0.25, 0.3) is 0 Å². The van der Waals surface area contributed by atoms with Gasteiger partial charge in [-0.1, -0.05) is 19.1 Å². The lowest BCUT2D eigenvalue weighted by Gasteiger charge is -2.19. The summed E-state index contributed by atoms with van der Waals surface area (Å²) in [6.45, 7) is 3.92. The van der Waals surface area contributed by atoms with Gasteiger partial charge in [0, 0.05) is 25.1 Å². The van der Waals surface area contributed by atoms with E-state index in [9.17, 15) is 4.39 Å². The van der Waals surface area contributed by atoms with Crippen molar-refractivity contribution < 1.29 is 4.39 Å². The standard InChI is InChI=1S/C12H16FN3/c1-2-16(8-4-7-14)9-10-5-3-6-11(15)12(10)13/h3,5-6H,2,4,8-9,15H2,1H3. The van der Waals surface area contributed by atoms with Crippen LogP contribution in [0.15, 0.2) is 18.2 Å². The van der Waals surface area contributed by atoms with Crippen LogP contribution < -0.4 is 5.73 Å². The van der Waals surface area contributed by atoms with E-state index in [0.29, 0.717) is 25.1 Å². The first-order chi connectivity index (χ1) is 7.69. The van der Waals surface area contributed by atoms with Gasteiger partial charge in [0.25, 0.3) is 0 Å². The minimum absolute atomic E-state index is 0.175. The van der Waals surface area contributed by atoms with Crippen molar-refractivity contribution in [3.63, 3.8) is 0 Å². The number of halogens is 1. The average Bonchev–Trinajstić information content (AvgIpc) is 2.30. The van der Waals surface area contributed by atoms with Gasteiger partial charge in [-0.15, -0.1) is 0 Å². The number of nitrogen functional groups attached to an aromatic ring is 1. The second-order valence-corrected chi connectivity index (χ2v) is 3.60. The first-order valence-electron chi connectivity index (χ1n) is 5.31. The Kier molecular flexibility index (Phi) is 4.74. The second-order valence-electron chi connectivity index (χ2n) is 3.60. The molecule has 0 aliphatic heterocycles. The Bertz CT molecular complexity index is 384. The maximum absolute atomic E-state index is 13.6. The van der Waals surface area contributed by atoms with Crippen LogP contribution in [0.2, 0.25) is 0 Å². The number of nitrogens with two attached hydrogens (primary N) is 1. The van der Waals surface area contributed by atoms with Crippen LogP contribution in [-0.4, -0.2) is 18.0 Å². The summed E-state index contributed by atoms with van der Waals surface area (Å²) in [4.78, 5) is 2.01. The summed E-state index contributed by atoms with van der Waals surface area (Å²) < 4.78 is 13.6. The Labute approximate surface area is 95.3 Å². The average molecular weight is 221 g/mol. The molecule has 0 atom stereocenters. The molecule has 0 aromatic heterocycles. The lowest BCUT2D eigenvalue weighted by Crippen LogP contribution is -2.24. The zero-order valence-corrected chi connectivity index (χ0v) is 9.41. The predicted octanol–water partition coefficient (Wildman–Crippen LogP) is 2.14. The van der Waals surface area contributed by atoms with Crippen molar-refractivity contribution in [2.75, 3.05) is 18.8 Å². The highest BCUT2D eigenvalue weighted by Crippen LogP contribution is 2.16. The van der Waals surface area contributed by atoms with Crippen molar-refractivity contribution in [1.82, 2.24) is 4.90 Å². The van der Waals surface area contributed by atoms with Crippen LogP contribution in [0.3, 0.4) is 0 Å². The third-order valence-electron chi connectivity index (χ3n) is 2.49. The second kappa shape index (κ2) is 6.09. The van der Waals surface area contributed by atoms with Crippen LogP contribution in [0.4, 0.5) is 10.1 Å². The number of hydrogen-bond acceptors (Lipinski definition) is 3. The Morgan fingerprint density at radius 1 is 1.50 bits per heavy atom. The van der Waals surface area contributed by atoms with E-state index in [4.69, 9.17) is 11.0 Å². The van der Waals surface area contributed by atoms with Gasteiger partial charge >= 0.3 is 0 Å². The van der Waals surface area contributed by atoms with Gasteiger partial charge in [-0.25, -0.2) is 4.39 Å². The van der Waals surface area contributed by atoms with E-state index in [1.807, 2.05) is 11.8 Å². The molecule has 1 rings (SSSR count). The molecule has 0 radical (unpaired) electrons. The Morgan fingerprint density at radius 3 is 2.88 bits per heavy atom. The maximum atomic E-state index is 13.6. The fraction of sp³-hybridized carbons (Fsp3) is 0.417. The summed E-state index contributed by atoms with van der Waals surface area (Å²) in [5.74, 6) is -0.349. The summed E-state index contributed by atoms with van der Waals surface area (Å²) in [5.41, 5.74) is 6.25. The molecular weight excluding hydrogens is 205 g/mol. The number of rotatable bonds is 5. The molecule has 0 heterocycles. The lowest BCUT2D eigenvalue weighted by molar-refractivity contribution is 0.282. The first-order valence-corrected chi connectivity index (χ1v) is 5.31. The van der Waals surface area contributed by atoms with E-state index >= 15 is 0 Å². The van der Waals surface area contributed by atoms with Crippen LogP contribution in [0.1, 0.15) is 18.9 Å². The highest BCUT2D eigenvalue weighted by Gasteiger charge is 2.09. The van der Waals surface area contributed by atoms with Gasteiger partial charge in [-0.3, -0.25) is 4.90 Å². The Hall–Kier alpha value is -1.60. The van der Waals surface area contributed by atoms with E-state index in [2.05, 4.69) is 6.07 Å². The van der Waals surface area contributed by atoms with Crippen molar-refractivity contribution in [3.05, 3.63) is 29.6 Å². The largest absolute Gasteiger partial charge is 0.396 e. The normalized spacial score (nSPS) is 10.4. The molecular formula is C12H16FN3. The molecule has 86 valence electrons. The first kappa shape index (κ1) is 12.5. The van der Waals surface area contributed by atoms with E-state index in [1.54, 1.807) is 18.2 Å². The predicted molar refractivity (Wildman–Crippen MR) is 62.0 cm³/mol. The van der Waals surface area contributed by atoms with Gasteiger partial charge in [-0.2, -0.15) is 5.26 Å². The van der Waals surface area contributed by atoms with Crippen molar-refractivity contribution in [2.45, 2.75) is 19.9 Å². The molecule has 16 heavy (non-hydrogen) atoms. The maximum Gasteiger partial charge on any atom is 0.150 e. The Morgan fingerprint density at radius 2 is 2.25 bits per heavy atom. The molecule has 0 aliphatic carbocycles. The summed E-state index contributed by atoms with van der Waals surface area (Å²) in [7, 11) is 0. The third-order valence-corrected chi connectivity index (χ3v) is 2.49. The minimum atomic E-state index is -0.349. The van der Waals surface area contributed by atoms with Gasteiger partial charge in [0.2, 0.25) is 0 Å². The molecule has 4 heteroatoms. The Balaban J connectivity index is 2.71. The monoisotopic (exact) mass is 221 g/mol. The molecule has 2 N–H and O–H groups in total. The molecule has 1 aromatic carbocycles. The number of benzene rings is 1. The van der Waals surface area contributed by atoms with E-state index < -0.39 is 0 Å². The van der Waals surface area contributed by atoms with Gasteiger partial charge in [0.15, 0.2) is 5.82 Å². The molecule has 0 fully saturated rings. The smallest absolute Gasteiger partial charge is 0.150 e. The number of nitriles is 1. The van der Waals surface area contributed by atoms with Crippen LogP contribution in [0, 0.1) is 17.1 Å². The highest BCUT2D eigenvalue weighted by atomic mass is 19.1. The zero-order chi connectivity index (χ0) is 12.0. The van der Waals surface area contributed by atoms with Crippen LogP contribution in [-0.2, 0) is 6.54 Å². The van der Waals surface area contributed by atoms with Crippen molar-refractivity contribution in [3.8, 4) is 6.07 Å². The fourth-order valence-corrected chi connectivity index (χ4v) is 1.52. The van der Waals surface area contributed by atoms with E-state index in [1.165, 1.54) is 0 Å². The highest BCUT2D eigenvalue weighted by molar-refractivity contribution is 5.42. The van der Waals surface area contributed by atoms with E-state index in [0.717, 1.165) is 6.54 Å². The molecule has 0 amide bonds. The molecule has 1 aromatic rings. The van der Waals surface area contributed by atoms with Crippen molar-refractivity contribution in [1.29, 1.82) is 5.26 Å². The molecule has 0 saturated heterocycles. The zero-order valence-electron chi connectivity index (χ0n) is 9.41. The summed E-state index contributed by atoms with van der Waals surface area (Å²) >= 11 is 0. The number of nitrogens with zero attached hydrogens (tertiary/aromatic N) is 2. The molecule has 0 spiro atoms. The van der Waals surface area contributed by atoms with Gasteiger partial charge in [0.05, 0.1) is 11.8 Å². The quantitative estimate of drug-likeness (QED) is 0.775. The number of anilines is 1. The van der Waals surface area contributed by atoms with Gasteiger partial charge in [0.1, 0.15) is 0 Å². The van der Waals surface area contributed by atoms with Gasteiger partial charge in [-0.05, 0) is 12.6 Å². The van der Waals surface area contributed by atoms with Crippen LogP contribution >= 0.6 is 0 Å². The van der Waals surface area contributed by atoms with E-state index in [-0.39, 0.29) is 11.5 Å². The fourth-order valence-electron chi connectivity index (χ4n) is 1.52. The summed E-state index contributed by atoms with van der Waals surface area (Å²) in [6.07, 6.45) is 0.456. The van der Waals surface area contributed by atoms with Crippen molar-refractivity contribution >= 4 is 5.69 Å².